The molecule has 0 aliphatic carbocycles. The highest BCUT2D eigenvalue weighted by molar-refractivity contribution is 6.30. The summed E-state index contributed by atoms with van der Waals surface area (Å²) >= 11 is 5.88. The topological polar surface area (TPSA) is 64.0 Å². The van der Waals surface area contributed by atoms with Crippen molar-refractivity contribution in [1.82, 2.24) is 14.9 Å². The van der Waals surface area contributed by atoms with Crippen molar-refractivity contribution < 1.29 is 9.59 Å². The molecule has 1 heterocycles. The van der Waals surface area contributed by atoms with Gasteiger partial charge in [-0.2, -0.15) is 0 Å². The zero-order valence-electron chi connectivity index (χ0n) is 12.5. The molecule has 2 rings (SSSR count). The summed E-state index contributed by atoms with van der Waals surface area (Å²) in [5.74, 6) is -0.0921. The van der Waals surface area contributed by atoms with E-state index in [0.717, 1.165) is 11.8 Å². The van der Waals surface area contributed by atoms with E-state index < -0.39 is 5.54 Å². The van der Waals surface area contributed by atoms with Crippen LogP contribution in [0.1, 0.15) is 36.3 Å². The smallest absolute Gasteiger partial charge is 0.222 e. The van der Waals surface area contributed by atoms with Crippen molar-refractivity contribution in [2.45, 2.75) is 32.4 Å². The van der Waals surface area contributed by atoms with Crippen molar-refractivity contribution in [3.8, 4) is 0 Å². The average Bonchev–Trinajstić information content (AvgIpc) is 2.92. The summed E-state index contributed by atoms with van der Waals surface area (Å²) in [7, 11) is 0. The summed E-state index contributed by atoms with van der Waals surface area (Å²) in [5.41, 5.74) is 0.940. The molecule has 0 spiro atoms. The zero-order valence-corrected chi connectivity index (χ0v) is 13.3. The fourth-order valence-electron chi connectivity index (χ4n) is 2.19. The molecule has 0 radical (unpaired) electrons. The predicted molar refractivity (Wildman–Crippen MR) is 84.9 cm³/mol. The van der Waals surface area contributed by atoms with E-state index in [2.05, 4.69) is 10.3 Å². The van der Waals surface area contributed by atoms with Gasteiger partial charge in [-0.25, -0.2) is 4.98 Å². The molecule has 0 aliphatic rings. The van der Waals surface area contributed by atoms with Crippen molar-refractivity contribution >= 4 is 23.8 Å². The molecule has 1 aromatic carbocycles. The normalized spacial score (nSPS) is 11.2. The first kappa shape index (κ1) is 16.2. The van der Waals surface area contributed by atoms with Gasteiger partial charge in [-0.3, -0.25) is 9.59 Å². The van der Waals surface area contributed by atoms with Crippen LogP contribution in [0.4, 0.5) is 0 Å². The lowest BCUT2D eigenvalue weighted by Crippen LogP contribution is -2.41. The van der Waals surface area contributed by atoms with Crippen LogP contribution in [0.25, 0.3) is 0 Å². The molecular weight excluding hydrogens is 302 g/mol. The number of hydrogen-bond acceptors (Lipinski definition) is 3. The van der Waals surface area contributed by atoms with Gasteiger partial charge in [0.15, 0.2) is 6.29 Å². The van der Waals surface area contributed by atoms with Gasteiger partial charge in [-0.1, -0.05) is 23.7 Å². The number of carbonyl (C=O) groups excluding carboxylic acids is 2. The van der Waals surface area contributed by atoms with E-state index in [0.29, 0.717) is 17.3 Å². The minimum Gasteiger partial charge on any atom is -0.347 e. The van der Waals surface area contributed by atoms with E-state index in [1.807, 2.05) is 26.0 Å². The maximum atomic E-state index is 12.1. The number of halogens is 1. The number of hydrogen-bond donors (Lipinski definition) is 1. The van der Waals surface area contributed by atoms with E-state index >= 15 is 0 Å². The number of carbonyl (C=O) groups is 2. The number of imidazole rings is 1. The monoisotopic (exact) mass is 319 g/mol. The lowest BCUT2D eigenvalue weighted by atomic mass is 9.94. The minimum atomic E-state index is -0.496. The Kier molecular flexibility index (Phi) is 4.98. The molecule has 1 aromatic heterocycles. The van der Waals surface area contributed by atoms with Gasteiger partial charge < -0.3 is 9.88 Å². The molecule has 0 bridgehead atoms. The van der Waals surface area contributed by atoms with Gasteiger partial charge >= 0.3 is 0 Å². The molecule has 116 valence electrons. The summed E-state index contributed by atoms with van der Waals surface area (Å²) in [4.78, 5) is 26.8. The third-order valence-corrected chi connectivity index (χ3v) is 3.71. The standard InChI is InChI=1S/C16H18ClN3O2/c1-16(2,12-3-5-13(17)6-4-12)19-15(22)7-8-20-11-18-9-14(20)10-21/h3-6,9-11H,7-8H2,1-2H3,(H,19,22). The number of nitrogens with one attached hydrogen (secondary N) is 1. The SMILES string of the molecule is CC(C)(NC(=O)CCn1cncc1C=O)c1ccc(Cl)cc1. The fourth-order valence-corrected chi connectivity index (χ4v) is 2.31. The lowest BCUT2D eigenvalue weighted by Gasteiger charge is -2.27. The molecule has 0 unspecified atom stereocenters. The Morgan fingerprint density at radius 1 is 1.36 bits per heavy atom. The maximum absolute atomic E-state index is 12.1. The van der Waals surface area contributed by atoms with E-state index in [1.54, 1.807) is 23.0 Å². The third-order valence-electron chi connectivity index (χ3n) is 3.46. The minimum absolute atomic E-state index is 0.0921. The number of amides is 1. The van der Waals surface area contributed by atoms with Crippen molar-refractivity contribution in [2.24, 2.45) is 0 Å². The van der Waals surface area contributed by atoms with Crippen LogP contribution in [0.15, 0.2) is 36.8 Å². The summed E-state index contributed by atoms with van der Waals surface area (Å²) < 4.78 is 1.65. The van der Waals surface area contributed by atoms with Crippen molar-refractivity contribution in [3.63, 3.8) is 0 Å². The summed E-state index contributed by atoms with van der Waals surface area (Å²) in [5, 5.41) is 3.65. The Morgan fingerprint density at radius 3 is 2.68 bits per heavy atom. The van der Waals surface area contributed by atoms with Crippen molar-refractivity contribution in [3.05, 3.63) is 53.1 Å². The number of aldehydes is 1. The van der Waals surface area contributed by atoms with Gasteiger partial charge in [0.2, 0.25) is 5.91 Å². The van der Waals surface area contributed by atoms with E-state index in [-0.39, 0.29) is 12.3 Å². The highest BCUT2D eigenvalue weighted by Crippen LogP contribution is 2.22. The Hall–Kier alpha value is -2.14. The second-order valence-electron chi connectivity index (χ2n) is 5.56. The highest BCUT2D eigenvalue weighted by Gasteiger charge is 2.22. The van der Waals surface area contributed by atoms with Gasteiger partial charge in [0.05, 0.1) is 18.1 Å². The third kappa shape index (κ3) is 3.95. The van der Waals surface area contributed by atoms with Gasteiger partial charge in [-0.05, 0) is 31.5 Å². The first-order valence-corrected chi connectivity index (χ1v) is 7.32. The molecule has 0 saturated carbocycles. The Balaban J connectivity index is 1.96. The van der Waals surface area contributed by atoms with Gasteiger partial charge in [0, 0.05) is 18.0 Å². The molecule has 1 N–H and O–H groups in total. The van der Waals surface area contributed by atoms with Crippen LogP contribution in [-0.4, -0.2) is 21.7 Å². The molecule has 0 fully saturated rings. The zero-order chi connectivity index (χ0) is 16.2. The number of aromatic nitrogens is 2. The maximum Gasteiger partial charge on any atom is 0.222 e. The predicted octanol–water partition coefficient (Wildman–Crippen LogP) is 2.79. The molecular formula is C16H18ClN3O2. The lowest BCUT2D eigenvalue weighted by molar-refractivity contribution is -0.123. The number of benzene rings is 1. The van der Waals surface area contributed by atoms with Gasteiger partial charge in [0.25, 0.3) is 0 Å². The van der Waals surface area contributed by atoms with E-state index in [9.17, 15) is 9.59 Å². The summed E-state index contributed by atoms with van der Waals surface area (Å²) in [6, 6.07) is 7.38. The molecule has 6 heteroatoms. The van der Waals surface area contributed by atoms with E-state index in [1.165, 1.54) is 6.20 Å². The average molecular weight is 320 g/mol. The molecule has 0 aliphatic heterocycles. The first-order chi connectivity index (χ1) is 10.4. The van der Waals surface area contributed by atoms with Gasteiger partial charge in [-0.15, -0.1) is 0 Å². The van der Waals surface area contributed by atoms with Crippen molar-refractivity contribution in [2.75, 3.05) is 0 Å². The molecule has 1 amide bonds. The molecule has 22 heavy (non-hydrogen) atoms. The quantitative estimate of drug-likeness (QED) is 0.833. The summed E-state index contributed by atoms with van der Waals surface area (Å²) in [6.07, 6.45) is 4.01. The van der Waals surface area contributed by atoms with Crippen LogP contribution in [0.2, 0.25) is 5.02 Å². The molecule has 0 saturated heterocycles. The summed E-state index contributed by atoms with van der Waals surface area (Å²) in [6.45, 7) is 4.28. The molecule has 5 nitrogen and oxygen atoms in total. The Labute approximate surface area is 134 Å². The second-order valence-corrected chi connectivity index (χ2v) is 6.00. The molecule has 0 atom stereocenters. The second kappa shape index (κ2) is 6.75. The van der Waals surface area contributed by atoms with Crippen LogP contribution in [0.5, 0.6) is 0 Å². The number of nitrogens with zero attached hydrogens (tertiary/aromatic N) is 2. The fraction of sp³-hybridized carbons (Fsp3) is 0.312. The van der Waals surface area contributed by atoms with Crippen LogP contribution in [0.3, 0.4) is 0 Å². The largest absolute Gasteiger partial charge is 0.347 e. The Morgan fingerprint density at radius 2 is 2.05 bits per heavy atom. The van der Waals surface area contributed by atoms with Crippen LogP contribution >= 0.6 is 11.6 Å². The van der Waals surface area contributed by atoms with Crippen LogP contribution in [-0.2, 0) is 16.9 Å². The number of rotatable bonds is 6. The molecule has 2 aromatic rings. The van der Waals surface area contributed by atoms with Crippen LogP contribution < -0.4 is 5.32 Å². The highest BCUT2D eigenvalue weighted by atomic mass is 35.5. The van der Waals surface area contributed by atoms with E-state index in [4.69, 9.17) is 11.6 Å². The van der Waals surface area contributed by atoms with Crippen LogP contribution in [0, 0.1) is 0 Å². The Bertz CT molecular complexity index is 662. The first-order valence-electron chi connectivity index (χ1n) is 6.95. The number of aryl methyl sites for hydroxylation is 1. The van der Waals surface area contributed by atoms with Crippen molar-refractivity contribution in [1.29, 1.82) is 0 Å². The van der Waals surface area contributed by atoms with Gasteiger partial charge in [0.1, 0.15) is 5.69 Å².